The van der Waals surface area contributed by atoms with Gasteiger partial charge in [0, 0.05) is 19.6 Å². The average molecular weight is 293 g/mol. The van der Waals surface area contributed by atoms with Gasteiger partial charge in [0.25, 0.3) is 0 Å². The van der Waals surface area contributed by atoms with Crippen LogP contribution in [0.25, 0.3) is 0 Å². The van der Waals surface area contributed by atoms with Gasteiger partial charge in [0.05, 0.1) is 0 Å². The Bertz CT molecular complexity index is 446. The highest BCUT2D eigenvalue weighted by atomic mass is 16.5. The molecule has 1 atom stereocenters. The molecular formula is C15H27N5O. The van der Waals surface area contributed by atoms with Gasteiger partial charge in [-0.05, 0) is 39.0 Å². The van der Waals surface area contributed by atoms with Crippen LogP contribution in [0.3, 0.4) is 0 Å². The van der Waals surface area contributed by atoms with E-state index >= 15 is 0 Å². The summed E-state index contributed by atoms with van der Waals surface area (Å²) in [4.78, 5) is 15.6. The normalized spacial score (nSPS) is 16.9. The summed E-state index contributed by atoms with van der Waals surface area (Å²) >= 11 is 0. The second kappa shape index (κ2) is 7.43. The van der Waals surface area contributed by atoms with Crippen LogP contribution in [-0.4, -0.2) is 40.7 Å². The molecule has 0 aliphatic carbocycles. The van der Waals surface area contributed by atoms with Crippen molar-refractivity contribution >= 4 is 11.9 Å². The molecule has 0 amide bonds. The van der Waals surface area contributed by atoms with E-state index in [0.717, 1.165) is 25.6 Å². The maximum absolute atomic E-state index is 5.87. The summed E-state index contributed by atoms with van der Waals surface area (Å²) in [5.74, 6) is 1.74. The zero-order chi connectivity index (χ0) is 15.2. The summed E-state index contributed by atoms with van der Waals surface area (Å²) in [6.07, 6.45) is 3.76. The monoisotopic (exact) mass is 293 g/mol. The second-order valence-electron chi connectivity index (χ2n) is 5.89. The summed E-state index contributed by atoms with van der Waals surface area (Å²) in [5.41, 5.74) is 0. The number of anilines is 2. The Morgan fingerprint density at radius 1 is 1.10 bits per heavy atom. The molecule has 0 radical (unpaired) electrons. The molecule has 21 heavy (non-hydrogen) atoms. The van der Waals surface area contributed by atoms with Crippen LogP contribution in [0.4, 0.5) is 11.9 Å². The summed E-state index contributed by atoms with van der Waals surface area (Å²) < 4.78 is 5.87. The third kappa shape index (κ3) is 4.44. The van der Waals surface area contributed by atoms with Crippen molar-refractivity contribution in [2.45, 2.75) is 53.1 Å². The maximum atomic E-state index is 5.87. The molecule has 1 aromatic heterocycles. The van der Waals surface area contributed by atoms with Crippen LogP contribution >= 0.6 is 0 Å². The molecule has 1 aliphatic heterocycles. The summed E-state index contributed by atoms with van der Waals surface area (Å²) in [6.45, 7) is 11.1. The Hall–Kier alpha value is -1.59. The highest BCUT2D eigenvalue weighted by Gasteiger charge is 2.18. The number of aromatic nitrogens is 3. The van der Waals surface area contributed by atoms with Gasteiger partial charge in [-0.1, -0.05) is 13.8 Å². The van der Waals surface area contributed by atoms with Crippen LogP contribution < -0.4 is 15.0 Å². The SMILES string of the molecule is CCNc1nc(OC(C)C(C)C)nc(N2CCCCC2)n1. The lowest BCUT2D eigenvalue weighted by Crippen LogP contribution is -2.31. The number of nitrogens with zero attached hydrogens (tertiary/aromatic N) is 4. The molecule has 1 unspecified atom stereocenters. The van der Waals surface area contributed by atoms with Gasteiger partial charge < -0.3 is 15.0 Å². The zero-order valence-electron chi connectivity index (χ0n) is 13.6. The van der Waals surface area contributed by atoms with E-state index in [1.54, 1.807) is 0 Å². The lowest BCUT2D eigenvalue weighted by atomic mass is 10.1. The van der Waals surface area contributed by atoms with Gasteiger partial charge in [0.1, 0.15) is 6.10 Å². The first kappa shape index (κ1) is 15.8. The number of hydrogen-bond acceptors (Lipinski definition) is 6. The molecule has 6 heteroatoms. The standard InChI is InChI=1S/C15H27N5O/c1-5-16-13-17-14(20-9-7-6-8-10-20)19-15(18-13)21-12(4)11(2)3/h11-12H,5-10H2,1-4H3,(H,16,17,18,19). The van der Waals surface area contributed by atoms with Crippen molar-refractivity contribution in [3.63, 3.8) is 0 Å². The van der Waals surface area contributed by atoms with E-state index in [2.05, 4.69) is 39.0 Å². The summed E-state index contributed by atoms with van der Waals surface area (Å²) in [6, 6.07) is 0.419. The van der Waals surface area contributed by atoms with E-state index in [-0.39, 0.29) is 6.10 Å². The Morgan fingerprint density at radius 2 is 1.81 bits per heavy atom. The minimum atomic E-state index is 0.0797. The van der Waals surface area contributed by atoms with E-state index < -0.39 is 0 Å². The first-order valence-corrected chi connectivity index (χ1v) is 8.01. The first-order chi connectivity index (χ1) is 10.1. The Labute approximate surface area is 127 Å². The predicted molar refractivity (Wildman–Crippen MR) is 85.0 cm³/mol. The highest BCUT2D eigenvalue weighted by Crippen LogP contribution is 2.20. The van der Waals surface area contributed by atoms with Crippen molar-refractivity contribution in [3.8, 4) is 6.01 Å². The Kier molecular flexibility index (Phi) is 5.59. The molecule has 1 aliphatic rings. The molecule has 6 nitrogen and oxygen atoms in total. The van der Waals surface area contributed by atoms with Crippen LogP contribution in [0, 0.1) is 5.92 Å². The van der Waals surface area contributed by atoms with Crippen molar-refractivity contribution in [2.24, 2.45) is 5.92 Å². The summed E-state index contributed by atoms with van der Waals surface area (Å²) in [5, 5.41) is 3.16. The Balaban J connectivity index is 2.20. The van der Waals surface area contributed by atoms with Crippen LogP contribution in [0.15, 0.2) is 0 Å². The molecule has 1 N–H and O–H groups in total. The van der Waals surface area contributed by atoms with Gasteiger partial charge in [0.15, 0.2) is 0 Å². The molecule has 2 rings (SSSR count). The quantitative estimate of drug-likeness (QED) is 0.870. The topological polar surface area (TPSA) is 63.2 Å². The molecule has 1 saturated heterocycles. The third-order valence-electron chi connectivity index (χ3n) is 3.81. The third-order valence-corrected chi connectivity index (χ3v) is 3.81. The van der Waals surface area contributed by atoms with Gasteiger partial charge in [-0.15, -0.1) is 0 Å². The van der Waals surface area contributed by atoms with Crippen LogP contribution in [-0.2, 0) is 0 Å². The zero-order valence-corrected chi connectivity index (χ0v) is 13.6. The number of ether oxygens (including phenoxy) is 1. The van der Waals surface area contributed by atoms with Crippen molar-refractivity contribution in [1.82, 2.24) is 15.0 Å². The number of nitrogens with one attached hydrogen (secondary N) is 1. The fourth-order valence-corrected chi connectivity index (χ4v) is 2.17. The van der Waals surface area contributed by atoms with Crippen molar-refractivity contribution in [1.29, 1.82) is 0 Å². The molecule has 0 aromatic carbocycles. The molecule has 1 aromatic rings. The number of piperidine rings is 1. The average Bonchev–Trinajstić information content (AvgIpc) is 2.48. The lowest BCUT2D eigenvalue weighted by molar-refractivity contribution is 0.155. The molecular weight excluding hydrogens is 266 g/mol. The van der Waals surface area contributed by atoms with Crippen molar-refractivity contribution in [3.05, 3.63) is 0 Å². The van der Waals surface area contributed by atoms with Gasteiger partial charge in [-0.3, -0.25) is 0 Å². The van der Waals surface area contributed by atoms with E-state index in [9.17, 15) is 0 Å². The molecule has 1 fully saturated rings. The summed E-state index contributed by atoms with van der Waals surface area (Å²) in [7, 11) is 0. The van der Waals surface area contributed by atoms with E-state index in [4.69, 9.17) is 4.74 Å². The highest BCUT2D eigenvalue weighted by molar-refractivity contribution is 5.38. The molecule has 0 bridgehead atoms. The van der Waals surface area contributed by atoms with E-state index in [0.29, 0.717) is 17.9 Å². The fraction of sp³-hybridized carbons (Fsp3) is 0.800. The van der Waals surface area contributed by atoms with Crippen LogP contribution in [0.2, 0.25) is 0 Å². The van der Waals surface area contributed by atoms with Gasteiger partial charge in [0.2, 0.25) is 11.9 Å². The van der Waals surface area contributed by atoms with E-state index in [1.165, 1.54) is 19.3 Å². The maximum Gasteiger partial charge on any atom is 0.323 e. The molecule has 0 saturated carbocycles. The van der Waals surface area contributed by atoms with Gasteiger partial charge in [-0.25, -0.2) is 0 Å². The van der Waals surface area contributed by atoms with Crippen molar-refractivity contribution in [2.75, 3.05) is 29.9 Å². The fourth-order valence-electron chi connectivity index (χ4n) is 2.17. The second-order valence-corrected chi connectivity index (χ2v) is 5.89. The number of rotatable bonds is 6. The van der Waals surface area contributed by atoms with Crippen LogP contribution in [0.1, 0.15) is 47.0 Å². The van der Waals surface area contributed by atoms with Crippen LogP contribution in [0.5, 0.6) is 6.01 Å². The Morgan fingerprint density at radius 3 is 2.43 bits per heavy atom. The predicted octanol–water partition coefficient (Wildman–Crippen LogP) is 2.72. The minimum Gasteiger partial charge on any atom is -0.460 e. The first-order valence-electron chi connectivity index (χ1n) is 8.01. The largest absolute Gasteiger partial charge is 0.460 e. The van der Waals surface area contributed by atoms with E-state index in [1.807, 2.05) is 13.8 Å². The van der Waals surface area contributed by atoms with Gasteiger partial charge >= 0.3 is 6.01 Å². The van der Waals surface area contributed by atoms with Gasteiger partial charge in [-0.2, -0.15) is 15.0 Å². The van der Waals surface area contributed by atoms with Crippen molar-refractivity contribution < 1.29 is 4.74 Å². The smallest absolute Gasteiger partial charge is 0.323 e. The minimum absolute atomic E-state index is 0.0797. The molecule has 0 spiro atoms. The molecule has 118 valence electrons. The molecule has 2 heterocycles. The lowest BCUT2D eigenvalue weighted by Gasteiger charge is -2.27. The number of hydrogen-bond donors (Lipinski definition) is 1.